The van der Waals surface area contributed by atoms with E-state index in [-0.39, 0.29) is 0 Å². The molecule has 1 N–H and O–H groups in total. The summed E-state index contributed by atoms with van der Waals surface area (Å²) < 4.78 is 25.1. The van der Waals surface area contributed by atoms with Crippen LogP contribution in [0.3, 0.4) is 0 Å². The zero-order valence-electron chi connectivity index (χ0n) is 12.3. The van der Waals surface area contributed by atoms with E-state index in [4.69, 9.17) is 0 Å². The number of benzene rings is 1. The highest BCUT2D eigenvalue weighted by atomic mass is 32.2. The number of nitrogens with zero attached hydrogens (tertiary/aromatic N) is 2. The first kappa shape index (κ1) is 15.9. The van der Waals surface area contributed by atoms with E-state index in [2.05, 4.69) is 17.2 Å². The zero-order chi connectivity index (χ0) is 15.5. The van der Waals surface area contributed by atoms with Crippen molar-refractivity contribution < 1.29 is 8.42 Å². The van der Waals surface area contributed by atoms with Crippen LogP contribution in [0.2, 0.25) is 0 Å². The minimum absolute atomic E-state index is 0.297. The standard InChI is InChI=1S/C14H19N3O2S2/c1-11(14-15-8-9-20-14)10-16-12-4-6-13(7-5-12)21(18,19)17(2)3/h4-9,11,16H,10H2,1-3H3. The highest BCUT2D eigenvalue weighted by molar-refractivity contribution is 7.89. The molecule has 0 saturated carbocycles. The van der Waals surface area contributed by atoms with Gasteiger partial charge in [0.1, 0.15) is 0 Å². The molecule has 0 aliphatic rings. The first-order valence-corrected chi connectivity index (χ1v) is 8.89. The molecule has 2 aromatic rings. The lowest BCUT2D eigenvalue weighted by atomic mass is 10.2. The van der Waals surface area contributed by atoms with Crippen molar-refractivity contribution in [2.75, 3.05) is 26.0 Å². The molecule has 7 heteroatoms. The van der Waals surface area contributed by atoms with Crippen LogP contribution in [0.1, 0.15) is 17.8 Å². The molecule has 0 bridgehead atoms. The Hall–Kier alpha value is -1.44. The van der Waals surface area contributed by atoms with Gasteiger partial charge in [-0.05, 0) is 24.3 Å². The van der Waals surface area contributed by atoms with Gasteiger partial charge in [-0.25, -0.2) is 17.7 Å². The van der Waals surface area contributed by atoms with Crippen molar-refractivity contribution in [3.63, 3.8) is 0 Å². The van der Waals surface area contributed by atoms with E-state index in [0.717, 1.165) is 17.2 Å². The van der Waals surface area contributed by atoms with Crippen LogP contribution in [-0.2, 0) is 10.0 Å². The summed E-state index contributed by atoms with van der Waals surface area (Å²) in [5, 5.41) is 6.36. The third kappa shape index (κ3) is 3.81. The Bertz CT molecular complexity index is 665. The molecule has 0 radical (unpaired) electrons. The van der Waals surface area contributed by atoms with Gasteiger partial charge in [0.05, 0.1) is 9.90 Å². The summed E-state index contributed by atoms with van der Waals surface area (Å²) in [6.07, 6.45) is 1.80. The topological polar surface area (TPSA) is 62.3 Å². The van der Waals surface area contributed by atoms with Crippen LogP contribution in [0.15, 0.2) is 40.7 Å². The second-order valence-electron chi connectivity index (χ2n) is 4.96. The van der Waals surface area contributed by atoms with Gasteiger partial charge in [-0.15, -0.1) is 11.3 Å². The fourth-order valence-corrected chi connectivity index (χ4v) is 3.39. The van der Waals surface area contributed by atoms with Crippen molar-refractivity contribution in [1.29, 1.82) is 0 Å². The predicted molar refractivity (Wildman–Crippen MR) is 86.3 cm³/mol. The molecular weight excluding hydrogens is 306 g/mol. The maximum absolute atomic E-state index is 12.0. The summed E-state index contributed by atoms with van der Waals surface area (Å²) in [5.41, 5.74) is 0.899. The van der Waals surface area contributed by atoms with Gasteiger partial charge in [-0.3, -0.25) is 0 Å². The van der Waals surface area contributed by atoms with Crippen molar-refractivity contribution in [3.8, 4) is 0 Å². The van der Waals surface area contributed by atoms with Gasteiger partial charge >= 0.3 is 0 Å². The summed E-state index contributed by atoms with van der Waals surface area (Å²) in [6, 6.07) is 6.80. The molecule has 0 spiro atoms. The monoisotopic (exact) mass is 325 g/mol. The third-order valence-corrected chi connectivity index (χ3v) is 5.95. The van der Waals surface area contributed by atoms with Crippen LogP contribution in [0, 0.1) is 0 Å². The first-order chi connectivity index (χ1) is 9.91. The average Bonchev–Trinajstić information content (AvgIpc) is 2.99. The maximum atomic E-state index is 12.0. The van der Waals surface area contributed by atoms with E-state index >= 15 is 0 Å². The number of hydrogen-bond acceptors (Lipinski definition) is 5. The Kier molecular flexibility index (Phi) is 4.97. The summed E-state index contributed by atoms with van der Waals surface area (Å²) in [5.74, 6) is 0.315. The number of sulfonamides is 1. The maximum Gasteiger partial charge on any atom is 0.242 e. The molecule has 2 rings (SSSR count). The highest BCUT2D eigenvalue weighted by Crippen LogP contribution is 2.20. The molecule has 21 heavy (non-hydrogen) atoms. The van der Waals surface area contributed by atoms with Gasteiger partial charge in [0, 0.05) is 43.8 Å². The van der Waals surface area contributed by atoms with E-state index in [9.17, 15) is 8.42 Å². The molecule has 0 saturated heterocycles. The van der Waals surface area contributed by atoms with Crippen LogP contribution in [0.25, 0.3) is 0 Å². The SMILES string of the molecule is CC(CNc1ccc(S(=O)(=O)N(C)C)cc1)c1nccs1. The molecule has 1 aromatic carbocycles. The number of nitrogens with one attached hydrogen (secondary N) is 1. The van der Waals surface area contributed by atoms with Gasteiger partial charge in [0.15, 0.2) is 0 Å². The summed E-state index contributed by atoms with van der Waals surface area (Å²) >= 11 is 1.64. The second-order valence-corrected chi connectivity index (χ2v) is 8.04. The van der Waals surface area contributed by atoms with E-state index in [1.165, 1.54) is 18.4 Å². The minimum atomic E-state index is -3.36. The molecule has 1 unspecified atom stereocenters. The lowest BCUT2D eigenvalue weighted by molar-refractivity contribution is 0.521. The lowest BCUT2D eigenvalue weighted by Crippen LogP contribution is -2.22. The number of rotatable bonds is 6. The van der Waals surface area contributed by atoms with Crippen molar-refractivity contribution in [2.45, 2.75) is 17.7 Å². The summed E-state index contributed by atoms with van der Waals surface area (Å²) in [6.45, 7) is 2.87. The number of thiazole rings is 1. The van der Waals surface area contributed by atoms with Gasteiger partial charge in [-0.2, -0.15) is 0 Å². The number of anilines is 1. The van der Waals surface area contributed by atoms with Gasteiger partial charge in [-0.1, -0.05) is 6.92 Å². The predicted octanol–water partition coefficient (Wildman–Crippen LogP) is 2.61. The number of aromatic nitrogens is 1. The highest BCUT2D eigenvalue weighted by Gasteiger charge is 2.16. The lowest BCUT2D eigenvalue weighted by Gasteiger charge is -2.13. The fourth-order valence-electron chi connectivity index (χ4n) is 1.79. The van der Waals surface area contributed by atoms with Gasteiger partial charge < -0.3 is 5.32 Å². The molecule has 0 fully saturated rings. The molecule has 114 valence electrons. The molecule has 0 aliphatic heterocycles. The fraction of sp³-hybridized carbons (Fsp3) is 0.357. The Morgan fingerprint density at radius 3 is 2.48 bits per heavy atom. The summed E-state index contributed by atoms with van der Waals surface area (Å²) in [4.78, 5) is 4.59. The molecule has 0 aliphatic carbocycles. The second kappa shape index (κ2) is 6.55. The largest absolute Gasteiger partial charge is 0.384 e. The van der Waals surface area contributed by atoms with E-state index < -0.39 is 10.0 Å². The van der Waals surface area contributed by atoms with Crippen LogP contribution < -0.4 is 5.32 Å². The molecule has 1 atom stereocenters. The molecule has 1 heterocycles. The normalized spacial score (nSPS) is 13.3. The van der Waals surface area contributed by atoms with Crippen LogP contribution in [-0.4, -0.2) is 38.3 Å². The van der Waals surface area contributed by atoms with E-state index in [1.807, 2.05) is 5.38 Å². The smallest absolute Gasteiger partial charge is 0.242 e. The van der Waals surface area contributed by atoms with Crippen LogP contribution in [0.4, 0.5) is 5.69 Å². The molecule has 5 nitrogen and oxygen atoms in total. The Morgan fingerprint density at radius 2 is 1.95 bits per heavy atom. The number of hydrogen-bond donors (Lipinski definition) is 1. The Labute approximate surface area is 129 Å². The average molecular weight is 325 g/mol. The van der Waals surface area contributed by atoms with Crippen LogP contribution >= 0.6 is 11.3 Å². The summed E-state index contributed by atoms with van der Waals surface area (Å²) in [7, 11) is -0.313. The zero-order valence-corrected chi connectivity index (χ0v) is 13.9. The van der Waals surface area contributed by atoms with Gasteiger partial charge in [0.25, 0.3) is 0 Å². The minimum Gasteiger partial charge on any atom is -0.384 e. The van der Waals surface area contributed by atoms with Crippen LogP contribution in [0.5, 0.6) is 0 Å². The first-order valence-electron chi connectivity index (χ1n) is 6.57. The van der Waals surface area contributed by atoms with Crippen molar-refractivity contribution in [2.24, 2.45) is 0 Å². The van der Waals surface area contributed by atoms with Crippen molar-refractivity contribution in [1.82, 2.24) is 9.29 Å². The molecule has 0 amide bonds. The quantitative estimate of drug-likeness (QED) is 0.887. The van der Waals surface area contributed by atoms with E-state index in [0.29, 0.717) is 10.8 Å². The Balaban J connectivity index is 2.00. The molecule has 1 aromatic heterocycles. The van der Waals surface area contributed by atoms with Crippen molar-refractivity contribution in [3.05, 3.63) is 40.8 Å². The van der Waals surface area contributed by atoms with E-state index in [1.54, 1.807) is 41.8 Å². The Morgan fingerprint density at radius 1 is 1.29 bits per heavy atom. The van der Waals surface area contributed by atoms with Gasteiger partial charge in [0.2, 0.25) is 10.0 Å². The third-order valence-electron chi connectivity index (χ3n) is 3.12. The van der Waals surface area contributed by atoms with Crippen molar-refractivity contribution >= 4 is 27.0 Å². The molecular formula is C14H19N3O2S2.